The van der Waals surface area contributed by atoms with Gasteiger partial charge in [-0.1, -0.05) is 29.3 Å². The average molecular weight is 431 g/mol. The number of alkyl halides is 3. The van der Waals surface area contributed by atoms with Crippen molar-refractivity contribution in [3.8, 4) is 17.4 Å². The van der Waals surface area contributed by atoms with Crippen LogP contribution in [0.4, 0.5) is 18.9 Å². The molecule has 0 bridgehead atoms. The van der Waals surface area contributed by atoms with E-state index in [1.807, 2.05) is 19.1 Å². The van der Waals surface area contributed by atoms with E-state index in [-0.39, 0.29) is 27.7 Å². The molecular formula is C22H14ClF3N2O2. The molecule has 1 N–H and O–H groups in total. The Balaban J connectivity index is 1.86. The molecule has 2 aromatic carbocycles. The van der Waals surface area contributed by atoms with Gasteiger partial charge in [-0.05, 0) is 49.4 Å². The zero-order valence-corrected chi connectivity index (χ0v) is 16.3. The summed E-state index contributed by atoms with van der Waals surface area (Å²) in [5.74, 6) is -0.445. The number of anilines is 1. The van der Waals surface area contributed by atoms with E-state index in [4.69, 9.17) is 16.0 Å². The molecule has 0 fully saturated rings. The predicted octanol–water partition coefficient (Wildman–Crippen LogP) is 6.47. The Hall–Kier alpha value is -3.50. The highest BCUT2D eigenvalue weighted by atomic mass is 35.5. The lowest BCUT2D eigenvalue weighted by atomic mass is 10.1. The topological polar surface area (TPSA) is 66.0 Å². The van der Waals surface area contributed by atoms with Gasteiger partial charge in [0.15, 0.2) is 0 Å². The van der Waals surface area contributed by atoms with Crippen molar-refractivity contribution in [1.82, 2.24) is 0 Å². The zero-order chi connectivity index (χ0) is 21.9. The standard InChI is InChI=1S/C22H14ClF3N2O2/c1-13-2-5-16(6-3-13)28-21(29)14(12-27)10-17-7-9-20(30-17)18-11-15(22(24,25)26)4-8-19(18)23/h2-11H,1H3,(H,28,29)/b14-10+. The number of nitrogens with zero attached hydrogens (tertiary/aromatic N) is 1. The number of furan rings is 1. The molecule has 1 aromatic heterocycles. The van der Waals surface area contributed by atoms with Gasteiger partial charge in [-0.3, -0.25) is 4.79 Å². The van der Waals surface area contributed by atoms with Gasteiger partial charge in [0.1, 0.15) is 23.2 Å². The minimum Gasteiger partial charge on any atom is -0.457 e. The van der Waals surface area contributed by atoms with Crippen molar-refractivity contribution in [2.75, 3.05) is 5.32 Å². The smallest absolute Gasteiger partial charge is 0.416 e. The molecule has 0 atom stereocenters. The highest BCUT2D eigenvalue weighted by Gasteiger charge is 2.31. The number of aryl methyl sites for hydroxylation is 1. The van der Waals surface area contributed by atoms with Gasteiger partial charge >= 0.3 is 6.18 Å². The fourth-order valence-electron chi connectivity index (χ4n) is 2.59. The number of nitriles is 1. The third-order valence-corrected chi connectivity index (χ3v) is 4.48. The van der Waals surface area contributed by atoms with Crippen molar-refractivity contribution >= 4 is 29.3 Å². The van der Waals surface area contributed by atoms with Gasteiger partial charge in [-0.15, -0.1) is 0 Å². The van der Waals surface area contributed by atoms with Crippen LogP contribution < -0.4 is 5.32 Å². The molecule has 0 aliphatic rings. The Morgan fingerprint density at radius 3 is 2.47 bits per heavy atom. The van der Waals surface area contributed by atoms with E-state index in [2.05, 4.69) is 5.32 Å². The Labute approximate surface area is 175 Å². The highest BCUT2D eigenvalue weighted by molar-refractivity contribution is 6.33. The summed E-state index contributed by atoms with van der Waals surface area (Å²) < 4.78 is 44.4. The maximum Gasteiger partial charge on any atom is 0.416 e. The van der Waals surface area contributed by atoms with Gasteiger partial charge in [0.25, 0.3) is 5.91 Å². The molecule has 3 aromatic rings. The summed E-state index contributed by atoms with van der Waals surface area (Å²) in [6.07, 6.45) is -3.33. The lowest BCUT2D eigenvalue weighted by Gasteiger charge is -2.09. The molecule has 0 aliphatic carbocycles. The number of hydrogen-bond acceptors (Lipinski definition) is 3. The van der Waals surface area contributed by atoms with Crippen molar-refractivity contribution in [3.05, 3.63) is 82.1 Å². The van der Waals surface area contributed by atoms with Crippen molar-refractivity contribution in [2.24, 2.45) is 0 Å². The molecule has 0 unspecified atom stereocenters. The van der Waals surface area contributed by atoms with Crippen LogP contribution in [0, 0.1) is 18.3 Å². The van der Waals surface area contributed by atoms with Crippen LogP contribution in [0.3, 0.4) is 0 Å². The van der Waals surface area contributed by atoms with Gasteiger partial charge in [0.2, 0.25) is 0 Å². The molecule has 1 heterocycles. The van der Waals surface area contributed by atoms with E-state index in [1.54, 1.807) is 18.2 Å². The van der Waals surface area contributed by atoms with Gasteiger partial charge < -0.3 is 9.73 Å². The van der Waals surface area contributed by atoms with Crippen molar-refractivity contribution in [3.63, 3.8) is 0 Å². The molecule has 0 saturated heterocycles. The summed E-state index contributed by atoms with van der Waals surface area (Å²) in [6, 6.07) is 14.5. The van der Waals surface area contributed by atoms with E-state index in [0.717, 1.165) is 23.8 Å². The monoisotopic (exact) mass is 430 g/mol. The van der Waals surface area contributed by atoms with E-state index in [9.17, 15) is 23.2 Å². The molecule has 1 amide bonds. The van der Waals surface area contributed by atoms with E-state index < -0.39 is 17.6 Å². The van der Waals surface area contributed by atoms with Crippen molar-refractivity contribution < 1.29 is 22.4 Å². The number of benzene rings is 2. The van der Waals surface area contributed by atoms with E-state index in [0.29, 0.717) is 5.69 Å². The van der Waals surface area contributed by atoms with Crippen LogP contribution in [0.1, 0.15) is 16.9 Å². The maximum absolute atomic E-state index is 13.0. The molecule has 0 aliphatic heterocycles. The minimum atomic E-state index is -4.53. The number of rotatable bonds is 4. The number of halogens is 4. The molecule has 3 rings (SSSR count). The minimum absolute atomic E-state index is 0.0498. The number of amides is 1. The normalized spacial score (nSPS) is 11.8. The number of nitrogens with one attached hydrogen (secondary N) is 1. The summed E-state index contributed by atoms with van der Waals surface area (Å²) in [7, 11) is 0. The van der Waals surface area contributed by atoms with Crippen LogP contribution in [0.5, 0.6) is 0 Å². The van der Waals surface area contributed by atoms with Gasteiger partial charge in [0, 0.05) is 17.3 Å². The summed E-state index contributed by atoms with van der Waals surface area (Å²) >= 11 is 6.02. The lowest BCUT2D eigenvalue weighted by molar-refractivity contribution is -0.137. The molecule has 30 heavy (non-hydrogen) atoms. The second kappa shape index (κ2) is 8.47. The Bertz CT molecular complexity index is 1160. The quantitative estimate of drug-likeness (QED) is 0.381. The van der Waals surface area contributed by atoms with Crippen molar-refractivity contribution in [1.29, 1.82) is 5.26 Å². The van der Waals surface area contributed by atoms with Crippen LogP contribution in [-0.2, 0) is 11.0 Å². The average Bonchev–Trinajstić information content (AvgIpc) is 3.15. The summed E-state index contributed by atoms with van der Waals surface area (Å²) in [6.45, 7) is 1.90. The first-order chi connectivity index (χ1) is 14.2. The molecule has 152 valence electrons. The SMILES string of the molecule is Cc1ccc(NC(=O)/C(C#N)=C/c2ccc(-c3cc(C(F)(F)F)ccc3Cl)o2)cc1. The summed E-state index contributed by atoms with van der Waals surface area (Å²) in [5.41, 5.74) is 0.481. The third kappa shape index (κ3) is 4.91. The Morgan fingerprint density at radius 1 is 1.13 bits per heavy atom. The number of carbonyl (C=O) groups is 1. The van der Waals surface area contributed by atoms with Gasteiger partial charge in [0.05, 0.1) is 10.6 Å². The van der Waals surface area contributed by atoms with Crippen LogP contribution in [0.25, 0.3) is 17.4 Å². The first-order valence-electron chi connectivity index (χ1n) is 8.64. The third-order valence-electron chi connectivity index (χ3n) is 4.15. The first kappa shape index (κ1) is 21.2. The predicted molar refractivity (Wildman–Crippen MR) is 108 cm³/mol. The molecule has 0 spiro atoms. The second-order valence-corrected chi connectivity index (χ2v) is 6.79. The molecule has 0 radical (unpaired) electrons. The molecule has 8 heteroatoms. The number of carbonyl (C=O) groups excluding carboxylic acids is 1. The molecular weight excluding hydrogens is 417 g/mol. The fraction of sp³-hybridized carbons (Fsp3) is 0.0909. The Kier molecular flexibility index (Phi) is 5.99. The van der Waals surface area contributed by atoms with Crippen molar-refractivity contribution in [2.45, 2.75) is 13.1 Å². The van der Waals surface area contributed by atoms with Crippen LogP contribution in [-0.4, -0.2) is 5.91 Å². The zero-order valence-electron chi connectivity index (χ0n) is 15.5. The largest absolute Gasteiger partial charge is 0.457 e. The second-order valence-electron chi connectivity index (χ2n) is 6.38. The summed E-state index contributed by atoms with van der Waals surface area (Å²) in [4.78, 5) is 12.3. The van der Waals surface area contributed by atoms with Crippen LogP contribution in [0.2, 0.25) is 5.02 Å². The fourth-order valence-corrected chi connectivity index (χ4v) is 2.80. The Morgan fingerprint density at radius 2 is 1.83 bits per heavy atom. The number of hydrogen-bond donors (Lipinski definition) is 1. The summed E-state index contributed by atoms with van der Waals surface area (Å²) in [5, 5.41) is 12.0. The van der Waals surface area contributed by atoms with Crippen LogP contribution in [0.15, 0.2) is 64.6 Å². The van der Waals surface area contributed by atoms with E-state index in [1.165, 1.54) is 18.2 Å². The molecule has 0 saturated carbocycles. The molecule has 4 nitrogen and oxygen atoms in total. The first-order valence-corrected chi connectivity index (χ1v) is 9.02. The van der Waals surface area contributed by atoms with Crippen LogP contribution >= 0.6 is 11.6 Å². The van der Waals surface area contributed by atoms with Gasteiger partial charge in [-0.2, -0.15) is 18.4 Å². The lowest BCUT2D eigenvalue weighted by Crippen LogP contribution is -2.13. The van der Waals surface area contributed by atoms with E-state index >= 15 is 0 Å². The van der Waals surface area contributed by atoms with Gasteiger partial charge in [-0.25, -0.2) is 0 Å². The maximum atomic E-state index is 13.0. The highest BCUT2D eigenvalue weighted by Crippen LogP contribution is 2.36.